The van der Waals surface area contributed by atoms with Crippen LogP contribution in [0.2, 0.25) is 0 Å². The van der Waals surface area contributed by atoms with Crippen molar-refractivity contribution in [3.63, 3.8) is 0 Å². The van der Waals surface area contributed by atoms with Gasteiger partial charge in [-0.25, -0.2) is 0 Å². The Morgan fingerprint density at radius 2 is 2.10 bits per heavy atom. The highest BCUT2D eigenvalue weighted by molar-refractivity contribution is 5.96. The summed E-state index contributed by atoms with van der Waals surface area (Å²) in [4.78, 5) is 11.3. The third-order valence-corrected chi connectivity index (χ3v) is 3.10. The van der Waals surface area contributed by atoms with Crippen molar-refractivity contribution in [3.05, 3.63) is 42.0 Å². The van der Waals surface area contributed by atoms with Gasteiger partial charge < -0.3 is 21.1 Å². The van der Waals surface area contributed by atoms with Crippen LogP contribution in [0.3, 0.4) is 0 Å². The number of hydrogen-bond acceptors (Lipinski definition) is 4. The normalized spacial score (nSPS) is 13.2. The van der Waals surface area contributed by atoms with E-state index in [0.717, 1.165) is 16.9 Å². The molecule has 2 aromatic rings. The first-order chi connectivity index (χ1) is 9.61. The highest BCUT2D eigenvalue weighted by Gasteiger charge is 2.16. The Morgan fingerprint density at radius 1 is 1.25 bits per heavy atom. The highest BCUT2D eigenvalue weighted by atomic mass is 16.5. The van der Waals surface area contributed by atoms with Crippen molar-refractivity contribution >= 4 is 28.7 Å². The van der Waals surface area contributed by atoms with Gasteiger partial charge in [-0.3, -0.25) is 4.79 Å². The summed E-state index contributed by atoms with van der Waals surface area (Å²) < 4.78 is 5.32. The predicted octanol–water partition coefficient (Wildman–Crippen LogP) is 2.65. The van der Waals surface area contributed by atoms with Gasteiger partial charge in [-0.15, -0.1) is 0 Å². The molecule has 0 unspecified atom stereocenters. The molecule has 2 aromatic carbocycles. The summed E-state index contributed by atoms with van der Waals surface area (Å²) in [6, 6.07) is 11.3. The molecule has 0 bridgehead atoms. The van der Waals surface area contributed by atoms with E-state index in [2.05, 4.69) is 10.6 Å². The monoisotopic (exact) mass is 269 g/mol. The Bertz CT molecular complexity index is 683. The number of fused-ring (bicyclic) bond motifs is 1. The maximum Gasteiger partial charge on any atom is 0.262 e. The number of carbonyl (C=O) groups excluding carboxylic acids is 1. The Hall–Kier alpha value is -2.69. The molecule has 0 aliphatic carbocycles. The third-order valence-electron chi connectivity index (χ3n) is 3.10. The third kappa shape index (κ3) is 2.38. The lowest BCUT2D eigenvalue weighted by Crippen LogP contribution is -2.25. The van der Waals surface area contributed by atoms with Crippen LogP contribution in [-0.4, -0.2) is 12.5 Å². The second-order valence-corrected chi connectivity index (χ2v) is 4.76. The number of anilines is 4. The van der Waals surface area contributed by atoms with Crippen LogP contribution in [0.4, 0.5) is 22.7 Å². The number of amides is 1. The van der Waals surface area contributed by atoms with E-state index in [-0.39, 0.29) is 12.5 Å². The molecular weight excluding hydrogens is 254 g/mol. The molecule has 0 saturated carbocycles. The number of carbonyl (C=O) groups is 1. The van der Waals surface area contributed by atoms with Crippen molar-refractivity contribution in [2.45, 2.75) is 6.92 Å². The van der Waals surface area contributed by atoms with E-state index >= 15 is 0 Å². The zero-order chi connectivity index (χ0) is 14.1. The van der Waals surface area contributed by atoms with Gasteiger partial charge in [0.05, 0.1) is 17.1 Å². The van der Waals surface area contributed by atoms with Gasteiger partial charge in [0.15, 0.2) is 6.61 Å². The van der Waals surface area contributed by atoms with E-state index in [9.17, 15) is 4.79 Å². The molecule has 1 aliphatic heterocycles. The predicted molar refractivity (Wildman–Crippen MR) is 79.4 cm³/mol. The Balaban J connectivity index is 1.90. The first kappa shape index (κ1) is 12.3. The van der Waals surface area contributed by atoms with E-state index in [0.29, 0.717) is 17.1 Å². The zero-order valence-electron chi connectivity index (χ0n) is 11.1. The van der Waals surface area contributed by atoms with Crippen LogP contribution < -0.4 is 21.1 Å². The van der Waals surface area contributed by atoms with E-state index in [1.807, 2.05) is 43.3 Å². The summed E-state index contributed by atoms with van der Waals surface area (Å²) in [5, 5.41) is 6.02. The molecule has 5 heteroatoms. The maximum atomic E-state index is 11.3. The summed E-state index contributed by atoms with van der Waals surface area (Å²) >= 11 is 0. The number of nitrogens with one attached hydrogen (secondary N) is 2. The molecule has 1 amide bonds. The molecule has 5 nitrogen and oxygen atoms in total. The second-order valence-electron chi connectivity index (χ2n) is 4.76. The fraction of sp³-hybridized carbons (Fsp3) is 0.133. The lowest BCUT2D eigenvalue weighted by Gasteiger charge is -2.19. The number of nitrogen functional groups attached to an aromatic ring is 1. The van der Waals surface area contributed by atoms with Gasteiger partial charge in [0.25, 0.3) is 5.91 Å². The van der Waals surface area contributed by atoms with Crippen LogP contribution in [0.5, 0.6) is 5.75 Å². The SMILES string of the molecule is Cc1ccc(N)c(Nc2ccc3c(c2)NC(=O)CO3)c1. The summed E-state index contributed by atoms with van der Waals surface area (Å²) in [7, 11) is 0. The first-order valence-corrected chi connectivity index (χ1v) is 6.32. The Labute approximate surface area is 116 Å². The average molecular weight is 269 g/mol. The molecule has 0 radical (unpaired) electrons. The van der Waals surface area contributed by atoms with Crippen molar-refractivity contribution in [2.24, 2.45) is 0 Å². The Kier molecular flexibility index (Phi) is 2.95. The number of benzene rings is 2. The van der Waals surface area contributed by atoms with Crippen LogP contribution in [0.1, 0.15) is 5.56 Å². The summed E-state index contributed by atoms with van der Waals surface area (Å²) in [6.07, 6.45) is 0. The standard InChI is InChI=1S/C15H15N3O2/c1-9-2-4-11(16)12(6-9)17-10-3-5-14-13(7-10)18-15(19)8-20-14/h2-7,17H,8,16H2,1H3,(H,18,19). The molecule has 0 atom stereocenters. The minimum Gasteiger partial charge on any atom is -0.482 e. The number of aryl methyl sites for hydroxylation is 1. The molecule has 1 heterocycles. The number of rotatable bonds is 2. The largest absolute Gasteiger partial charge is 0.482 e. The van der Waals surface area contributed by atoms with Crippen LogP contribution in [0.25, 0.3) is 0 Å². The van der Waals surface area contributed by atoms with E-state index in [1.54, 1.807) is 0 Å². The molecule has 0 spiro atoms. The van der Waals surface area contributed by atoms with E-state index in [1.165, 1.54) is 0 Å². The average Bonchev–Trinajstić information content (AvgIpc) is 2.42. The van der Waals surface area contributed by atoms with E-state index in [4.69, 9.17) is 10.5 Å². The first-order valence-electron chi connectivity index (χ1n) is 6.32. The molecular formula is C15H15N3O2. The lowest BCUT2D eigenvalue weighted by molar-refractivity contribution is -0.118. The van der Waals surface area contributed by atoms with Gasteiger partial charge in [-0.05, 0) is 42.8 Å². The molecule has 102 valence electrons. The topological polar surface area (TPSA) is 76.4 Å². The second kappa shape index (κ2) is 4.77. The molecule has 0 saturated heterocycles. The summed E-state index contributed by atoms with van der Waals surface area (Å²) in [5.41, 5.74) is 10.1. The van der Waals surface area contributed by atoms with Gasteiger partial charge >= 0.3 is 0 Å². The molecule has 1 aliphatic rings. The van der Waals surface area contributed by atoms with Crippen LogP contribution in [-0.2, 0) is 4.79 Å². The maximum absolute atomic E-state index is 11.3. The fourth-order valence-electron chi connectivity index (χ4n) is 2.09. The van der Waals surface area contributed by atoms with Crippen molar-refractivity contribution in [2.75, 3.05) is 23.0 Å². The molecule has 3 rings (SSSR count). The Morgan fingerprint density at radius 3 is 2.95 bits per heavy atom. The lowest BCUT2D eigenvalue weighted by atomic mass is 10.1. The summed E-state index contributed by atoms with van der Waals surface area (Å²) in [6.45, 7) is 2.07. The van der Waals surface area contributed by atoms with Crippen molar-refractivity contribution in [1.29, 1.82) is 0 Å². The van der Waals surface area contributed by atoms with Gasteiger partial charge in [0, 0.05) is 5.69 Å². The van der Waals surface area contributed by atoms with Crippen molar-refractivity contribution in [1.82, 2.24) is 0 Å². The van der Waals surface area contributed by atoms with Crippen molar-refractivity contribution in [3.8, 4) is 5.75 Å². The minimum absolute atomic E-state index is 0.0601. The molecule has 0 fully saturated rings. The zero-order valence-corrected chi connectivity index (χ0v) is 11.1. The van der Waals surface area contributed by atoms with Crippen LogP contribution in [0, 0.1) is 6.92 Å². The van der Waals surface area contributed by atoms with Gasteiger partial charge in [-0.1, -0.05) is 6.07 Å². The fourth-order valence-corrected chi connectivity index (χ4v) is 2.09. The molecule has 0 aromatic heterocycles. The van der Waals surface area contributed by atoms with Crippen LogP contribution in [0.15, 0.2) is 36.4 Å². The van der Waals surface area contributed by atoms with Crippen LogP contribution >= 0.6 is 0 Å². The quantitative estimate of drug-likeness (QED) is 0.732. The summed E-state index contributed by atoms with van der Waals surface area (Å²) in [5.74, 6) is 0.525. The van der Waals surface area contributed by atoms with Gasteiger partial charge in [-0.2, -0.15) is 0 Å². The molecule has 20 heavy (non-hydrogen) atoms. The number of ether oxygens (including phenoxy) is 1. The van der Waals surface area contributed by atoms with Gasteiger partial charge in [0.1, 0.15) is 5.75 Å². The van der Waals surface area contributed by atoms with E-state index < -0.39 is 0 Å². The number of hydrogen-bond donors (Lipinski definition) is 3. The minimum atomic E-state index is -0.148. The smallest absolute Gasteiger partial charge is 0.262 e. The highest BCUT2D eigenvalue weighted by Crippen LogP contribution is 2.32. The van der Waals surface area contributed by atoms with Gasteiger partial charge in [0.2, 0.25) is 0 Å². The molecule has 4 N–H and O–H groups in total. The number of nitrogens with two attached hydrogens (primary N) is 1. The van der Waals surface area contributed by atoms with Crippen molar-refractivity contribution < 1.29 is 9.53 Å².